The molecule has 0 radical (unpaired) electrons. The van der Waals surface area contributed by atoms with Gasteiger partial charge in [0.25, 0.3) is 0 Å². The molecule has 0 heterocycles. The molecule has 1 N–H and O–H groups in total. The van der Waals surface area contributed by atoms with Gasteiger partial charge in [-0.15, -0.1) is 0 Å². The van der Waals surface area contributed by atoms with Crippen LogP contribution in [0.2, 0.25) is 0 Å². The van der Waals surface area contributed by atoms with E-state index < -0.39 is 15.4 Å². The number of methoxy groups -OCH3 is 1. The highest BCUT2D eigenvalue weighted by Gasteiger charge is 2.48. The Morgan fingerprint density at radius 2 is 2.10 bits per heavy atom. The molecule has 1 aliphatic rings. The zero-order valence-electron chi connectivity index (χ0n) is 13.5. The van der Waals surface area contributed by atoms with Crippen molar-refractivity contribution in [3.63, 3.8) is 0 Å². The molecule has 0 aromatic rings. The van der Waals surface area contributed by atoms with Gasteiger partial charge < -0.3 is 15.0 Å². The molecule has 21 heavy (non-hydrogen) atoms. The molecular formula is C14H28N2O4S. The second kappa shape index (κ2) is 7.56. The van der Waals surface area contributed by atoms with Gasteiger partial charge >= 0.3 is 5.97 Å². The second-order valence-corrected chi connectivity index (χ2v) is 8.28. The summed E-state index contributed by atoms with van der Waals surface area (Å²) in [6.07, 6.45) is 4.91. The van der Waals surface area contributed by atoms with Crippen LogP contribution in [0, 0.1) is 5.92 Å². The van der Waals surface area contributed by atoms with Crippen LogP contribution in [-0.2, 0) is 19.4 Å². The third kappa shape index (κ3) is 4.93. The van der Waals surface area contributed by atoms with Gasteiger partial charge in [-0.2, -0.15) is 0 Å². The summed E-state index contributed by atoms with van der Waals surface area (Å²) in [5.41, 5.74) is -0.577. The molecular weight excluding hydrogens is 292 g/mol. The predicted octanol–water partition coefficient (Wildman–Crippen LogP) is 0.284. The maximum atomic E-state index is 12.1. The Balaban J connectivity index is 2.55. The summed E-state index contributed by atoms with van der Waals surface area (Å²) in [5.74, 6) is 0.212. The fourth-order valence-corrected chi connectivity index (χ4v) is 3.80. The average Bonchev–Trinajstić information content (AvgIpc) is 2.85. The highest BCUT2D eigenvalue weighted by Crippen LogP contribution is 2.38. The number of rotatable bonds is 8. The largest absolute Gasteiger partial charge is 0.468 e. The van der Waals surface area contributed by atoms with Crippen LogP contribution < -0.4 is 5.32 Å². The molecule has 6 nitrogen and oxygen atoms in total. The van der Waals surface area contributed by atoms with Crippen LogP contribution in [0.3, 0.4) is 0 Å². The number of ether oxygens (including phenoxy) is 1. The highest BCUT2D eigenvalue weighted by atomic mass is 32.2. The van der Waals surface area contributed by atoms with Crippen LogP contribution in [0.5, 0.6) is 0 Å². The summed E-state index contributed by atoms with van der Waals surface area (Å²) < 4.78 is 27.3. The topological polar surface area (TPSA) is 75.7 Å². The number of carbonyl (C=O) groups is 1. The molecule has 0 bridgehead atoms. The number of esters is 1. The molecule has 1 rings (SSSR count). The molecule has 1 aliphatic carbocycles. The van der Waals surface area contributed by atoms with Gasteiger partial charge in [0, 0.05) is 12.8 Å². The van der Waals surface area contributed by atoms with Crippen molar-refractivity contribution in [2.45, 2.75) is 31.2 Å². The lowest BCUT2D eigenvalue weighted by atomic mass is 9.84. The molecule has 0 spiro atoms. The number of nitrogens with zero attached hydrogens (tertiary/aromatic N) is 1. The molecule has 1 fully saturated rings. The smallest absolute Gasteiger partial charge is 0.326 e. The normalized spacial score (nSPS) is 26.2. The number of sulfone groups is 1. The Morgan fingerprint density at radius 1 is 1.43 bits per heavy atom. The molecule has 0 aromatic heterocycles. The van der Waals surface area contributed by atoms with Crippen molar-refractivity contribution < 1.29 is 17.9 Å². The van der Waals surface area contributed by atoms with Crippen LogP contribution in [-0.4, -0.2) is 71.1 Å². The van der Waals surface area contributed by atoms with Gasteiger partial charge in [-0.25, -0.2) is 8.42 Å². The van der Waals surface area contributed by atoms with Crippen LogP contribution in [0.15, 0.2) is 0 Å². The highest BCUT2D eigenvalue weighted by molar-refractivity contribution is 7.90. The van der Waals surface area contributed by atoms with Gasteiger partial charge in [0.05, 0.1) is 12.9 Å². The third-order valence-electron chi connectivity index (χ3n) is 4.52. The van der Waals surface area contributed by atoms with Crippen molar-refractivity contribution >= 4 is 15.8 Å². The Kier molecular flexibility index (Phi) is 6.62. The van der Waals surface area contributed by atoms with E-state index in [4.69, 9.17) is 4.74 Å². The molecule has 0 amide bonds. The van der Waals surface area contributed by atoms with Gasteiger partial charge in [-0.3, -0.25) is 4.79 Å². The molecule has 124 valence electrons. The van der Waals surface area contributed by atoms with Gasteiger partial charge in [0.2, 0.25) is 0 Å². The van der Waals surface area contributed by atoms with Crippen molar-refractivity contribution in [2.24, 2.45) is 5.92 Å². The Hall–Kier alpha value is -0.660. The average molecular weight is 320 g/mol. The quantitative estimate of drug-likeness (QED) is 0.648. The van der Waals surface area contributed by atoms with E-state index >= 15 is 0 Å². The molecule has 0 aromatic carbocycles. The summed E-state index contributed by atoms with van der Waals surface area (Å²) in [7, 11) is 2.22. The van der Waals surface area contributed by atoms with Crippen molar-refractivity contribution in [2.75, 3.05) is 46.3 Å². The second-order valence-electron chi connectivity index (χ2n) is 6.02. The lowest BCUT2D eigenvalue weighted by Crippen LogP contribution is -2.54. The summed E-state index contributed by atoms with van der Waals surface area (Å²) >= 11 is 0. The monoisotopic (exact) mass is 320 g/mol. The van der Waals surface area contributed by atoms with E-state index in [2.05, 4.69) is 5.32 Å². The molecule has 1 saturated carbocycles. The van der Waals surface area contributed by atoms with Crippen LogP contribution in [0.25, 0.3) is 0 Å². The van der Waals surface area contributed by atoms with E-state index in [0.717, 1.165) is 32.2 Å². The van der Waals surface area contributed by atoms with Crippen molar-refractivity contribution in [3.8, 4) is 0 Å². The first-order valence-electron chi connectivity index (χ1n) is 7.39. The van der Waals surface area contributed by atoms with Gasteiger partial charge in [-0.1, -0.05) is 6.42 Å². The fourth-order valence-electron chi connectivity index (χ4n) is 3.16. The van der Waals surface area contributed by atoms with Gasteiger partial charge in [0.1, 0.15) is 15.4 Å². The summed E-state index contributed by atoms with van der Waals surface area (Å²) in [4.78, 5) is 14.1. The van der Waals surface area contributed by atoms with Crippen LogP contribution in [0.4, 0.5) is 0 Å². The maximum Gasteiger partial charge on any atom is 0.326 e. The predicted molar refractivity (Wildman–Crippen MR) is 83.0 cm³/mol. The molecule has 0 aliphatic heterocycles. The van der Waals surface area contributed by atoms with Crippen LogP contribution in [0.1, 0.15) is 25.7 Å². The Labute approximate surface area is 128 Å². The summed E-state index contributed by atoms with van der Waals surface area (Å²) in [6, 6.07) is 0. The first kappa shape index (κ1) is 18.4. The zero-order valence-corrected chi connectivity index (χ0v) is 14.3. The number of likely N-dealkylation sites (N-methyl/N-ethyl adjacent to an activating group) is 1. The minimum Gasteiger partial charge on any atom is -0.468 e. The molecule has 7 heteroatoms. The SMILES string of the molecule is CNC1(C(=O)OC)CCCC1CCN(C)CCS(C)(=O)=O. The number of carbonyl (C=O) groups excluding carboxylic acids is 1. The number of hydrogen-bond acceptors (Lipinski definition) is 6. The number of nitrogens with one attached hydrogen (secondary N) is 1. The van der Waals surface area contributed by atoms with E-state index in [1.807, 2.05) is 19.0 Å². The van der Waals surface area contributed by atoms with Crippen LogP contribution >= 0.6 is 0 Å². The van der Waals surface area contributed by atoms with Crippen molar-refractivity contribution in [1.29, 1.82) is 0 Å². The minimum absolute atomic E-state index is 0.169. The third-order valence-corrected chi connectivity index (χ3v) is 5.44. The van der Waals surface area contributed by atoms with E-state index in [9.17, 15) is 13.2 Å². The first-order valence-corrected chi connectivity index (χ1v) is 9.45. The molecule has 2 atom stereocenters. The zero-order chi connectivity index (χ0) is 16.1. The lowest BCUT2D eigenvalue weighted by molar-refractivity contribution is -0.150. The summed E-state index contributed by atoms with van der Waals surface area (Å²) in [5, 5.41) is 3.17. The van der Waals surface area contributed by atoms with Crippen molar-refractivity contribution in [1.82, 2.24) is 10.2 Å². The Morgan fingerprint density at radius 3 is 2.62 bits per heavy atom. The lowest BCUT2D eigenvalue weighted by Gasteiger charge is -2.33. The van der Waals surface area contributed by atoms with E-state index in [0.29, 0.717) is 6.54 Å². The number of hydrogen-bond donors (Lipinski definition) is 1. The maximum absolute atomic E-state index is 12.1. The molecule has 0 saturated heterocycles. The first-order chi connectivity index (χ1) is 9.75. The standard InChI is InChI=1S/C14H28N2O4S/c1-15-14(13(17)20-3)8-5-6-12(14)7-9-16(2)10-11-21(4,18)19/h12,15H,5-11H2,1-4H3. The minimum atomic E-state index is -2.93. The summed E-state index contributed by atoms with van der Waals surface area (Å²) in [6.45, 7) is 1.30. The van der Waals surface area contributed by atoms with E-state index in [1.54, 1.807) is 0 Å². The Bertz CT molecular complexity index is 452. The van der Waals surface area contributed by atoms with Crippen molar-refractivity contribution in [3.05, 3.63) is 0 Å². The molecule has 2 unspecified atom stereocenters. The van der Waals surface area contributed by atoms with Gasteiger partial charge in [-0.05, 0) is 45.8 Å². The van der Waals surface area contributed by atoms with E-state index in [-0.39, 0.29) is 17.6 Å². The van der Waals surface area contributed by atoms with E-state index in [1.165, 1.54) is 13.4 Å². The van der Waals surface area contributed by atoms with Gasteiger partial charge in [0.15, 0.2) is 0 Å². The fraction of sp³-hybridized carbons (Fsp3) is 0.929.